The van der Waals surface area contributed by atoms with E-state index in [0.717, 1.165) is 53.6 Å². The van der Waals surface area contributed by atoms with Gasteiger partial charge in [-0.25, -0.2) is 4.79 Å². The second kappa shape index (κ2) is 6.07. The van der Waals surface area contributed by atoms with E-state index in [0.29, 0.717) is 5.75 Å². The second-order valence-corrected chi connectivity index (χ2v) is 7.98. The Morgan fingerprint density at radius 3 is 2.59 bits per heavy atom. The highest BCUT2D eigenvalue weighted by molar-refractivity contribution is 5.88. The lowest BCUT2D eigenvalue weighted by atomic mass is 9.69. The number of rotatable bonds is 3. The number of aromatic nitrogens is 3. The predicted octanol–water partition coefficient (Wildman–Crippen LogP) is 3.06. The average Bonchev–Trinajstić information content (AvgIpc) is 3.10. The van der Waals surface area contributed by atoms with Crippen LogP contribution in [0.2, 0.25) is 0 Å². The fourth-order valence-electron chi connectivity index (χ4n) is 4.70. The van der Waals surface area contributed by atoms with Gasteiger partial charge in [0, 0.05) is 47.7 Å². The molecule has 0 bridgehead atoms. The van der Waals surface area contributed by atoms with Crippen LogP contribution in [0, 0.1) is 0 Å². The Hall–Kier alpha value is -3.35. The molecule has 2 aromatic heterocycles. The third-order valence-electron chi connectivity index (χ3n) is 6.31. The Kier molecular flexibility index (Phi) is 3.71. The highest BCUT2D eigenvalue weighted by Crippen LogP contribution is 2.50. The van der Waals surface area contributed by atoms with Crippen LogP contribution in [0.1, 0.15) is 35.2 Å². The number of nitrogens with zero attached hydrogens (tertiary/aromatic N) is 3. The maximum absolute atomic E-state index is 12.5. The number of fused-ring (bicyclic) bond motifs is 4. The van der Waals surface area contributed by atoms with Crippen molar-refractivity contribution in [3.8, 4) is 28.1 Å². The van der Waals surface area contributed by atoms with E-state index in [2.05, 4.69) is 11.2 Å². The van der Waals surface area contributed by atoms with Crippen molar-refractivity contribution >= 4 is 5.97 Å². The Morgan fingerprint density at radius 2 is 2.00 bits per heavy atom. The van der Waals surface area contributed by atoms with Gasteiger partial charge in [-0.1, -0.05) is 0 Å². The molecule has 3 heterocycles. The van der Waals surface area contributed by atoms with E-state index >= 15 is 0 Å². The summed E-state index contributed by atoms with van der Waals surface area (Å²) >= 11 is 0. The van der Waals surface area contributed by atoms with Crippen molar-refractivity contribution in [3.05, 3.63) is 58.1 Å². The molecule has 0 unspecified atom stereocenters. The van der Waals surface area contributed by atoms with Gasteiger partial charge in [-0.15, -0.1) is 0 Å². The van der Waals surface area contributed by atoms with Gasteiger partial charge in [0.2, 0.25) is 0 Å². The van der Waals surface area contributed by atoms with Gasteiger partial charge in [0.1, 0.15) is 11.3 Å². The molecule has 0 saturated heterocycles. The topological polar surface area (TPSA) is 86.3 Å². The number of pyridine rings is 1. The molecule has 0 amide bonds. The summed E-state index contributed by atoms with van der Waals surface area (Å²) in [7, 11) is 3.50. The molecule has 2 aliphatic rings. The number of hydrogen-bond donors (Lipinski definition) is 1. The Balaban J connectivity index is 1.77. The van der Waals surface area contributed by atoms with E-state index < -0.39 is 11.4 Å². The lowest BCUT2D eigenvalue weighted by Gasteiger charge is -2.48. The first kappa shape index (κ1) is 17.7. The van der Waals surface area contributed by atoms with E-state index in [1.807, 2.05) is 30.1 Å². The molecule has 0 radical (unpaired) electrons. The summed E-state index contributed by atoms with van der Waals surface area (Å²) in [6, 6.07) is 5.55. The molecule has 1 aliphatic carbocycles. The zero-order valence-electron chi connectivity index (χ0n) is 16.3. The normalized spacial score (nSPS) is 16.1. The summed E-state index contributed by atoms with van der Waals surface area (Å²) in [5.41, 5.74) is 3.94. The SMILES string of the molecule is COc1cc2c(cc1-c1cnn(C)c1)CC1(CCC1)n1cc(C(=O)O)c(=O)cc1-2. The number of methoxy groups -OCH3 is 1. The van der Waals surface area contributed by atoms with E-state index in [1.165, 1.54) is 12.3 Å². The third kappa shape index (κ3) is 2.53. The fourth-order valence-corrected chi connectivity index (χ4v) is 4.70. The van der Waals surface area contributed by atoms with Crippen LogP contribution in [0.4, 0.5) is 0 Å². The van der Waals surface area contributed by atoms with Crippen LogP contribution in [0.25, 0.3) is 22.4 Å². The maximum Gasteiger partial charge on any atom is 0.341 e. The quantitative estimate of drug-likeness (QED) is 0.742. The number of carbonyl (C=O) groups is 1. The largest absolute Gasteiger partial charge is 0.496 e. The van der Waals surface area contributed by atoms with Crippen molar-refractivity contribution in [2.75, 3.05) is 7.11 Å². The van der Waals surface area contributed by atoms with Crippen molar-refractivity contribution in [2.45, 2.75) is 31.2 Å². The van der Waals surface area contributed by atoms with Crippen molar-refractivity contribution in [2.24, 2.45) is 7.05 Å². The fraction of sp³-hybridized carbons (Fsp3) is 0.318. The first-order chi connectivity index (χ1) is 13.9. The summed E-state index contributed by atoms with van der Waals surface area (Å²) < 4.78 is 9.43. The lowest BCUT2D eigenvalue weighted by Crippen LogP contribution is -2.46. The van der Waals surface area contributed by atoms with Gasteiger partial charge in [-0.3, -0.25) is 9.48 Å². The zero-order valence-corrected chi connectivity index (χ0v) is 16.3. The second-order valence-electron chi connectivity index (χ2n) is 7.98. The first-order valence-corrected chi connectivity index (χ1v) is 9.63. The summed E-state index contributed by atoms with van der Waals surface area (Å²) in [5, 5.41) is 13.7. The summed E-state index contributed by atoms with van der Waals surface area (Å²) in [6.07, 6.45) is 9.12. The average molecular weight is 391 g/mol. The van der Waals surface area contributed by atoms with Crippen LogP contribution in [0.3, 0.4) is 0 Å². The number of carboxylic acid groups (broad SMARTS) is 1. The van der Waals surface area contributed by atoms with E-state index in [-0.39, 0.29) is 11.1 Å². The monoisotopic (exact) mass is 391 g/mol. The highest BCUT2D eigenvalue weighted by atomic mass is 16.5. The predicted molar refractivity (Wildman–Crippen MR) is 107 cm³/mol. The van der Waals surface area contributed by atoms with Crippen molar-refractivity contribution in [1.82, 2.24) is 14.3 Å². The molecule has 0 atom stereocenters. The molecule has 1 N–H and O–H groups in total. The van der Waals surface area contributed by atoms with Crippen LogP contribution in [0.5, 0.6) is 5.75 Å². The number of carboxylic acids is 1. The molecule has 1 saturated carbocycles. The Labute approximate surface area is 167 Å². The molecule has 1 fully saturated rings. The number of ether oxygens (including phenoxy) is 1. The summed E-state index contributed by atoms with van der Waals surface area (Å²) in [6.45, 7) is 0. The van der Waals surface area contributed by atoms with Crippen LogP contribution in [0.15, 0.2) is 41.6 Å². The molecule has 1 aliphatic heterocycles. The van der Waals surface area contributed by atoms with Crippen molar-refractivity contribution < 1.29 is 14.6 Å². The van der Waals surface area contributed by atoms with Gasteiger partial charge < -0.3 is 14.4 Å². The molecule has 29 heavy (non-hydrogen) atoms. The van der Waals surface area contributed by atoms with Crippen LogP contribution < -0.4 is 10.2 Å². The lowest BCUT2D eigenvalue weighted by molar-refractivity contribution is 0.0691. The number of aromatic carboxylic acids is 1. The molecule has 7 nitrogen and oxygen atoms in total. The van der Waals surface area contributed by atoms with E-state index in [4.69, 9.17) is 4.74 Å². The van der Waals surface area contributed by atoms with E-state index in [1.54, 1.807) is 11.8 Å². The number of benzene rings is 1. The minimum atomic E-state index is -1.19. The summed E-state index contributed by atoms with van der Waals surface area (Å²) in [5.74, 6) is -0.488. The Morgan fingerprint density at radius 1 is 1.21 bits per heavy atom. The highest BCUT2D eigenvalue weighted by Gasteiger charge is 2.43. The molecule has 3 aromatic rings. The molecular formula is C22H21N3O4. The standard InChI is InChI=1S/C22H21N3O4/c1-24-11-14(10-23-24)16-6-13-9-22(4-3-5-22)25-12-17(21(27)28)19(26)8-18(25)15(13)7-20(16)29-2/h6-8,10-12H,3-5,9H2,1-2H3,(H,27,28). The molecular weight excluding hydrogens is 370 g/mol. The zero-order chi connectivity index (χ0) is 20.3. The summed E-state index contributed by atoms with van der Waals surface area (Å²) in [4.78, 5) is 24.0. The molecule has 5 rings (SSSR count). The van der Waals surface area contributed by atoms with Gasteiger partial charge in [0.05, 0.1) is 19.0 Å². The van der Waals surface area contributed by atoms with Crippen LogP contribution in [-0.4, -0.2) is 32.5 Å². The minimum absolute atomic E-state index is 0.166. The smallest absolute Gasteiger partial charge is 0.341 e. The van der Waals surface area contributed by atoms with Crippen LogP contribution >= 0.6 is 0 Å². The molecule has 1 spiro atoms. The van der Waals surface area contributed by atoms with Crippen molar-refractivity contribution in [1.29, 1.82) is 0 Å². The molecule has 7 heteroatoms. The van der Waals surface area contributed by atoms with Crippen molar-refractivity contribution in [3.63, 3.8) is 0 Å². The Bertz CT molecular complexity index is 1220. The van der Waals surface area contributed by atoms with Crippen LogP contribution in [-0.2, 0) is 19.0 Å². The molecule has 1 aromatic carbocycles. The van der Waals surface area contributed by atoms with Gasteiger partial charge >= 0.3 is 5.97 Å². The minimum Gasteiger partial charge on any atom is -0.496 e. The first-order valence-electron chi connectivity index (χ1n) is 9.63. The van der Waals surface area contributed by atoms with Gasteiger partial charge in [0.15, 0.2) is 5.43 Å². The van der Waals surface area contributed by atoms with Gasteiger partial charge in [-0.2, -0.15) is 5.10 Å². The third-order valence-corrected chi connectivity index (χ3v) is 6.31. The van der Waals surface area contributed by atoms with Gasteiger partial charge in [0.25, 0.3) is 0 Å². The number of aryl methyl sites for hydroxylation is 1. The maximum atomic E-state index is 12.5. The van der Waals surface area contributed by atoms with Gasteiger partial charge in [-0.05, 0) is 43.4 Å². The molecule has 148 valence electrons. The number of hydrogen-bond acceptors (Lipinski definition) is 4. The van der Waals surface area contributed by atoms with E-state index in [9.17, 15) is 14.7 Å².